The third-order valence-electron chi connectivity index (χ3n) is 4.24. The van der Waals surface area contributed by atoms with E-state index in [1.165, 1.54) is 17.5 Å². The average Bonchev–Trinajstić information content (AvgIpc) is 3.01. The van der Waals surface area contributed by atoms with E-state index in [9.17, 15) is 13.2 Å². The molecule has 5 heteroatoms. The Kier molecular flexibility index (Phi) is 3.54. The highest BCUT2D eigenvalue weighted by Crippen LogP contribution is 2.23. The van der Waals surface area contributed by atoms with Crippen molar-refractivity contribution < 1.29 is 13.2 Å². The topological polar surface area (TPSA) is 63.2 Å². The van der Waals surface area contributed by atoms with Gasteiger partial charge in [-0.05, 0) is 54.9 Å². The van der Waals surface area contributed by atoms with Crippen molar-refractivity contribution in [1.82, 2.24) is 5.32 Å². The fourth-order valence-corrected chi connectivity index (χ4v) is 4.95. The van der Waals surface area contributed by atoms with Crippen molar-refractivity contribution in [3.05, 3.63) is 34.9 Å². The summed E-state index contributed by atoms with van der Waals surface area (Å²) in [6, 6.07) is 5.88. The molecule has 1 aliphatic heterocycles. The molecule has 1 atom stereocenters. The van der Waals surface area contributed by atoms with Crippen LogP contribution in [-0.2, 0) is 22.7 Å². The first-order valence-electron chi connectivity index (χ1n) is 7.14. The van der Waals surface area contributed by atoms with Gasteiger partial charge in [-0.1, -0.05) is 6.07 Å². The lowest BCUT2D eigenvalue weighted by molar-refractivity contribution is 0.0948. The highest BCUT2D eigenvalue weighted by Gasteiger charge is 2.28. The van der Waals surface area contributed by atoms with Crippen LogP contribution >= 0.6 is 0 Å². The predicted molar refractivity (Wildman–Crippen MR) is 77.6 cm³/mol. The minimum atomic E-state index is -2.87. The van der Waals surface area contributed by atoms with Crippen LogP contribution in [0.1, 0.15) is 34.3 Å². The fraction of sp³-hybridized carbons (Fsp3) is 0.533. The Morgan fingerprint density at radius 3 is 2.80 bits per heavy atom. The van der Waals surface area contributed by atoms with Crippen LogP contribution < -0.4 is 5.32 Å². The molecule has 20 heavy (non-hydrogen) atoms. The molecule has 1 N–H and O–H groups in total. The van der Waals surface area contributed by atoms with Crippen molar-refractivity contribution in [3.63, 3.8) is 0 Å². The van der Waals surface area contributed by atoms with E-state index in [-0.39, 0.29) is 23.3 Å². The summed E-state index contributed by atoms with van der Waals surface area (Å²) < 4.78 is 22.7. The Hall–Kier alpha value is -1.36. The largest absolute Gasteiger partial charge is 0.352 e. The van der Waals surface area contributed by atoms with Gasteiger partial charge in [0, 0.05) is 12.1 Å². The summed E-state index contributed by atoms with van der Waals surface area (Å²) in [5.41, 5.74) is 3.32. The van der Waals surface area contributed by atoms with Gasteiger partial charge in [0.1, 0.15) is 0 Å². The summed E-state index contributed by atoms with van der Waals surface area (Å²) in [4.78, 5) is 12.1. The number of sulfone groups is 1. The average molecular weight is 293 g/mol. The fourth-order valence-electron chi connectivity index (χ4n) is 3.09. The molecule has 1 saturated heterocycles. The Morgan fingerprint density at radius 1 is 1.25 bits per heavy atom. The number of hydrogen-bond acceptors (Lipinski definition) is 3. The van der Waals surface area contributed by atoms with E-state index in [0.29, 0.717) is 18.5 Å². The Balaban J connectivity index is 1.60. The van der Waals surface area contributed by atoms with E-state index in [4.69, 9.17) is 0 Å². The van der Waals surface area contributed by atoms with Crippen molar-refractivity contribution in [3.8, 4) is 0 Å². The van der Waals surface area contributed by atoms with Gasteiger partial charge in [-0.3, -0.25) is 4.79 Å². The second-order valence-electron chi connectivity index (χ2n) is 5.82. The van der Waals surface area contributed by atoms with Crippen LogP contribution in [0.5, 0.6) is 0 Å². The molecule has 0 spiro atoms. The van der Waals surface area contributed by atoms with Gasteiger partial charge < -0.3 is 5.32 Å². The monoisotopic (exact) mass is 293 g/mol. The molecule has 0 saturated carbocycles. The molecule has 1 aromatic carbocycles. The van der Waals surface area contributed by atoms with Crippen LogP contribution in [0.4, 0.5) is 0 Å². The summed E-state index contributed by atoms with van der Waals surface area (Å²) in [6.07, 6.45) is 3.99. The van der Waals surface area contributed by atoms with Crippen LogP contribution in [0.25, 0.3) is 0 Å². The summed E-state index contributed by atoms with van der Waals surface area (Å²) in [7, 11) is -2.87. The molecule has 1 aromatic rings. The van der Waals surface area contributed by atoms with Crippen molar-refractivity contribution in [2.45, 2.75) is 25.7 Å². The molecule has 1 aliphatic carbocycles. The van der Waals surface area contributed by atoms with Crippen LogP contribution in [0, 0.1) is 5.92 Å². The molecule has 1 fully saturated rings. The second-order valence-corrected chi connectivity index (χ2v) is 8.04. The van der Waals surface area contributed by atoms with Crippen LogP contribution in [-0.4, -0.2) is 32.4 Å². The Labute approximate surface area is 119 Å². The molecular weight excluding hydrogens is 274 g/mol. The molecule has 2 aliphatic rings. The SMILES string of the molecule is O=C(NC[C@@H]1CCS(=O)(=O)C1)c1ccc2c(c1)CCC2. The van der Waals surface area contributed by atoms with Gasteiger partial charge in [0.2, 0.25) is 0 Å². The van der Waals surface area contributed by atoms with Crippen molar-refractivity contribution in [2.75, 3.05) is 18.1 Å². The lowest BCUT2D eigenvalue weighted by atomic mass is 10.1. The van der Waals surface area contributed by atoms with Crippen molar-refractivity contribution in [1.29, 1.82) is 0 Å². The van der Waals surface area contributed by atoms with Crippen LogP contribution in [0.3, 0.4) is 0 Å². The number of nitrogens with one attached hydrogen (secondary N) is 1. The molecule has 108 valence electrons. The van der Waals surface area contributed by atoms with Gasteiger partial charge in [-0.15, -0.1) is 0 Å². The quantitative estimate of drug-likeness (QED) is 0.914. The molecule has 0 unspecified atom stereocenters. The van der Waals surface area contributed by atoms with E-state index in [2.05, 4.69) is 5.32 Å². The summed E-state index contributed by atoms with van der Waals surface area (Å²) >= 11 is 0. The van der Waals surface area contributed by atoms with Crippen molar-refractivity contribution in [2.24, 2.45) is 5.92 Å². The first-order valence-corrected chi connectivity index (χ1v) is 8.96. The van der Waals surface area contributed by atoms with E-state index in [1.54, 1.807) is 0 Å². The molecule has 3 rings (SSSR count). The maximum atomic E-state index is 12.1. The number of carbonyl (C=O) groups is 1. The highest BCUT2D eigenvalue weighted by atomic mass is 32.2. The highest BCUT2D eigenvalue weighted by molar-refractivity contribution is 7.91. The third kappa shape index (κ3) is 2.87. The van der Waals surface area contributed by atoms with Gasteiger partial charge >= 0.3 is 0 Å². The number of fused-ring (bicyclic) bond motifs is 1. The number of amides is 1. The van der Waals surface area contributed by atoms with E-state index < -0.39 is 9.84 Å². The van der Waals surface area contributed by atoms with E-state index in [1.807, 2.05) is 18.2 Å². The molecule has 1 amide bonds. The first kappa shape index (κ1) is 13.6. The van der Waals surface area contributed by atoms with Crippen LogP contribution in [0.2, 0.25) is 0 Å². The first-order chi connectivity index (χ1) is 9.53. The standard InChI is InChI=1S/C15H19NO3S/c17-15(16-9-11-6-7-20(18,19)10-11)14-5-4-12-2-1-3-13(12)8-14/h4-5,8,11H,1-3,6-7,9-10H2,(H,16,17)/t11-/m0/s1. The van der Waals surface area contributed by atoms with E-state index in [0.717, 1.165) is 12.8 Å². The van der Waals surface area contributed by atoms with Gasteiger partial charge in [0.05, 0.1) is 11.5 Å². The number of hydrogen-bond donors (Lipinski definition) is 1. The van der Waals surface area contributed by atoms with Crippen molar-refractivity contribution >= 4 is 15.7 Å². The number of rotatable bonds is 3. The smallest absolute Gasteiger partial charge is 0.251 e. The molecule has 1 heterocycles. The Bertz CT molecular complexity index is 637. The van der Waals surface area contributed by atoms with Gasteiger partial charge in [-0.2, -0.15) is 0 Å². The van der Waals surface area contributed by atoms with E-state index >= 15 is 0 Å². The summed E-state index contributed by atoms with van der Waals surface area (Å²) in [5.74, 6) is 0.437. The minimum absolute atomic E-state index is 0.0679. The maximum Gasteiger partial charge on any atom is 0.251 e. The lowest BCUT2D eigenvalue weighted by Crippen LogP contribution is -2.29. The van der Waals surface area contributed by atoms with Gasteiger partial charge in [0.15, 0.2) is 9.84 Å². The summed E-state index contributed by atoms with van der Waals surface area (Å²) in [5, 5.41) is 2.87. The zero-order chi connectivity index (χ0) is 14.2. The maximum absolute atomic E-state index is 12.1. The summed E-state index contributed by atoms with van der Waals surface area (Å²) in [6.45, 7) is 0.454. The zero-order valence-corrected chi connectivity index (χ0v) is 12.2. The molecule has 0 bridgehead atoms. The normalized spacial score (nSPS) is 23.5. The molecule has 0 aromatic heterocycles. The number of benzene rings is 1. The predicted octanol–water partition coefficient (Wildman–Crippen LogP) is 1.34. The molecule has 0 radical (unpaired) electrons. The molecular formula is C15H19NO3S. The van der Waals surface area contributed by atoms with Crippen LogP contribution in [0.15, 0.2) is 18.2 Å². The number of carbonyl (C=O) groups excluding carboxylic acids is 1. The second kappa shape index (κ2) is 5.20. The number of aryl methyl sites for hydroxylation is 2. The lowest BCUT2D eigenvalue weighted by Gasteiger charge is -2.10. The Morgan fingerprint density at radius 2 is 2.05 bits per heavy atom. The third-order valence-corrected chi connectivity index (χ3v) is 6.08. The molecule has 4 nitrogen and oxygen atoms in total. The minimum Gasteiger partial charge on any atom is -0.352 e. The van der Waals surface area contributed by atoms with Gasteiger partial charge in [0.25, 0.3) is 5.91 Å². The van der Waals surface area contributed by atoms with Gasteiger partial charge in [-0.25, -0.2) is 8.42 Å². The zero-order valence-electron chi connectivity index (χ0n) is 11.4.